The smallest absolute Gasteiger partial charge is 0.290 e. The lowest BCUT2D eigenvalue weighted by Crippen LogP contribution is -2.61. The van der Waals surface area contributed by atoms with Crippen molar-refractivity contribution >= 4 is 22.7 Å². The lowest BCUT2D eigenvalue weighted by atomic mass is 10.0. The molecule has 8 nitrogen and oxygen atoms in total. The van der Waals surface area contributed by atoms with Crippen molar-refractivity contribution in [2.24, 2.45) is 0 Å². The van der Waals surface area contributed by atoms with Gasteiger partial charge in [0.2, 0.25) is 5.91 Å². The number of nitrogens with one attached hydrogen (secondary N) is 1. The number of hydrogen-bond acceptors (Lipinski definition) is 5. The molecular formula is C19H24N4O4. The van der Waals surface area contributed by atoms with E-state index >= 15 is 0 Å². The van der Waals surface area contributed by atoms with E-state index in [-0.39, 0.29) is 41.9 Å². The second kappa shape index (κ2) is 7.87. The van der Waals surface area contributed by atoms with Crippen LogP contribution >= 0.6 is 0 Å². The van der Waals surface area contributed by atoms with Crippen molar-refractivity contribution in [3.63, 3.8) is 0 Å². The van der Waals surface area contributed by atoms with Crippen LogP contribution in [-0.2, 0) is 9.53 Å². The van der Waals surface area contributed by atoms with Crippen molar-refractivity contribution in [2.45, 2.75) is 32.9 Å². The predicted octanol–water partition coefficient (Wildman–Crippen LogP) is 1.02. The average Bonchev–Trinajstić information content (AvgIpc) is 2.67. The Bertz CT molecular complexity index is 910. The van der Waals surface area contributed by atoms with Crippen molar-refractivity contribution in [3.8, 4) is 0 Å². The maximum Gasteiger partial charge on any atom is 0.290 e. The third-order valence-electron chi connectivity index (χ3n) is 5.09. The summed E-state index contributed by atoms with van der Waals surface area (Å²) in [5, 5.41) is 0.446. The molecule has 2 aromatic rings. The summed E-state index contributed by atoms with van der Waals surface area (Å²) in [6.07, 6.45) is 0. The molecule has 0 aliphatic carbocycles. The molecule has 1 aliphatic heterocycles. The number of rotatable bonds is 4. The second-order valence-electron chi connectivity index (χ2n) is 6.64. The average molecular weight is 372 g/mol. The third-order valence-corrected chi connectivity index (χ3v) is 5.09. The normalized spacial score (nSPS) is 20.1. The maximum atomic E-state index is 13.0. The number of para-hydroxylation sites is 1. The SMILES string of the molecule is CCOCC(=O)N1CCN(C(=O)c2nc3ccccc3c(=O)[nH]2)[C@H](C)[C@H]1C. The van der Waals surface area contributed by atoms with Crippen LogP contribution in [0.1, 0.15) is 31.4 Å². The Kier molecular flexibility index (Phi) is 5.55. The summed E-state index contributed by atoms with van der Waals surface area (Å²) < 4.78 is 5.21. The molecule has 144 valence electrons. The Balaban J connectivity index is 1.80. The van der Waals surface area contributed by atoms with Gasteiger partial charge in [-0.1, -0.05) is 12.1 Å². The number of piperazine rings is 1. The van der Waals surface area contributed by atoms with Crippen LogP contribution in [0.3, 0.4) is 0 Å². The zero-order valence-corrected chi connectivity index (χ0v) is 15.8. The van der Waals surface area contributed by atoms with Gasteiger partial charge in [-0.3, -0.25) is 14.4 Å². The topological polar surface area (TPSA) is 95.6 Å². The van der Waals surface area contributed by atoms with E-state index < -0.39 is 0 Å². The number of benzene rings is 1. The van der Waals surface area contributed by atoms with Gasteiger partial charge in [0.25, 0.3) is 11.5 Å². The van der Waals surface area contributed by atoms with Crippen LogP contribution in [0.25, 0.3) is 10.9 Å². The van der Waals surface area contributed by atoms with Crippen LogP contribution < -0.4 is 5.56 Å². The Morgan fingerprint density at radius 2 is 1.85 bits per heavy atom. The third kappa shape index (κ3) is 3.71. The van der Waals surface area contributed by atoms with Crippen molar-refractivity contribution < 1.29 is 14.3 Å². The standard InChI is InChI=1S/C19H24N4O4/c1-4-27-11-16(24)22-9-10-23(13(3)12(22)2)19(26)17-20-15-8-6-5-7-14(15)18(25)21-17/h5-8,12-13H,4,9-11H2,1-3H3,(H,20,21,25)/t12-,13-/m1/s1. The van der Waals surface area contributed by atoms with Crippen LogP contribution in [0.5, 0.6) is 0 Å². The Morgan fingerprint density at radius 1 is 1.19 bits per heavy atom. The predicted molar refractivity (Wildman–Crippen MR) is 101 cm³/mol. The molecule has 0 spiro atoms. The van der Waals surface area contributed by atoms with Gasteiger partial charge in [-0.2, -0.15) is 0 Å². The highest BCUT2D eigenvalue weighted by molar-refractivity contribution is 5.93. The highest BCUT2D eigenvalue weighted by Crippen LogP contribution is 2.19. The zero-order valence-electron chi connectivity index (χ0n) is 15.8. The van der Waals surface area contributed by atoms with Gasteiger partial charge in [0.05, 0.1) is 10.9 Å². The number of carbonyl (C=O) groups excluding carboxylic acids is 2. The van der Waals surface area contributed by atoms with Gasteiger partial charge in [0, 0.05) is 31.8 Å². The minimum absolute atomic E-state index is 0.0202. The molecule has 1 saturated heterocycles. The highest BCUT2D eigenvalue weighted by atomic mass is 16.5. The molecule has 0 bridgehead atoms. The van der Waals surface area contributed by atoms with Crippen molar-refractivity contribution in [2.75, 3.05) is 26.3 Å². The number of aromatic nitrogens is 2. The lowest BCUT2D eigenvalue weighted by Gasteiger charge is -2.44. The first-order chi connectivity index (χ1) is 12.9. The van der Waals surface area contributed by atoms with Gasteiger partial charge in [-0.15, -0.1) is 0 Å². The number of nitrogens with zero attached hydrogens (tertiary/aromatic N) is 3. The lowest BCUT2D eigenvalue weighted by molar-refractivity contribution is -0.141. The molecule has 1 N–H and O–H groups in total. The molecule has 2 amide bonds. The molecule has 1 aromatic carbocycles. The van der Waals surface area contributed by atoms with E-state index in [1.807, 2.05) is 20.8 Å². The van der Waals surface area contributed by atoms with Gasteiger partial charge in [-0.05, 0) is 32.9 Å². The van der Waals surface area contributed by atoms with Gasteiger partial charge in [0.15, 0.2) is 5.82 Å². The first-order valence-electron chi connectivity index (χ1n) is 9.11. The van der Waals surface area contributed by atoms with Crippen molar-refractivity contribution in [1.82, 2.24) is 19.8 Å². The van der Waals surface area contributed by atoms with Crippen LogP contribution in [0.2, 0.25) is 0 Å². The summed E-state index contributed by atoms with van der Waals surface area (Å²) in [5.41, 5.74) is 0.144. The second-order valence-corrected chi connectivity index (χ2v) is 6.64. The molecule has 2 atom stereocenters. The van der Waals surface area contributed by atoms with E-state index in [1.54, 1.807) is 34.1 Å². The molecule has 3 rings (SSSR count). The Hall–Kier alpha value is -2.74. The summed E-state index contributed by atoms with van der Waals surface area (Å²) in [5.74, 6) is -0.401. The highest BCUT2D eigenvalue weighted by Gasteiger charge is 2.36. The van der Waals surface area contributed by atoms with Crippen LogP contribution in [-0.4, -0.2) is 70.0 Å². The first kappa shape index (κ1) is 19.0. The molecule has 8 heteroatoms. The van der Waals surface area contributed by atoms with E-state index in [0.29, 0.717) is 30.6 Å². The van der Waals surface area contributed by atoms with Crippen LogP contribution in [0.15, 0.2) is 29.1 Å². The first-order valence-corrected chi connectivity index (χ1v) is 9.11. The molecule has 1 aliphatic rings. The summed E-state index contributed by atoms with van der Waals surface area (Å²) in [4.78, 5) is 47.8. The van der Waals surface area contributed by atoms with Gasteiger partial charge in [-0.25, -0.2) is 4.98 Å². The van der Waals surface area contributed by atoms with E-state index in [1.165, 1.54) is 0 Å². The number of hydrogen-bond donors (Lipinski definition) is 1. The molecule has 27 heavy (non-hydrogen) atoms. The van der Waals surface area contributed by atoms with Crippen LogP contribution in [0.4, 0.5) is 0 Å². The van der Waals surface area contributed by atoms with E-state index in [0.717, 1.165) is 0 Å². The van der Waals surface area contributed by atoms with Crippen molar-refractivity contribution in [1.29, 1.82) is 0 Å². The van der Waals surface area contributed by atoms with Gasteiger partial charge in [0.1, 0.15) is 6.61 Å². The number of aromatic amines is 1. The summed E-state index contributed by atoms with van der Waals surface area (Å²) in [7, 11) is 0. The number of carbonyl (C=O) groups is 2. The fourth-order valence-corrected chi connectivity index (χ4v) is 3.38. The van der Waals surface area contributed by atoms with Gasteiger partial charge < -0.3 is 19.5 Å². The quantitative estimate of drug-likeness (QED) is 0.865. The molecule has 1 aromatic heterocycles. The molecule has 1 fully saturated rings. The number of fused-ring (bicyclic) bond motifs is 1. The molecule has 2 heterocycles. The molecular weight excluding hydrogens is 348 g/mol. The summed E-state index contributed by atoms with van der Waals surface area (Å²) in [6, 6.07) is 6.52. The number of ether oxygens (including phenoxy) is 1. The summed E-state index contributed by atoms with van der Waals surface area (Å²) >= 11 is 0. The molecule has 0 unspecified atom stereocenters. The fourth-order valence-electron chi connectivity index (χ4n) is 3.38. The van der Waals surface area contributed by atoms with E-state index in [2.05, 4.69) is 9.97 Å². The maximum absolute atomic E-state index is 13.0. The monoisotopic (exact) mass is 372 g/mol. The Morgan fingerprint density at radius 3 is 2.59 bits per heavy atom. The number of amides is 2. The van der Waals surface area contributed by atoms with Crippen LogP contribution in [0, 0.1) is 0 Å². The summed E-state index contributed by atoms with van der Waals surface area (Å²) in [6.45, 7) is 6.95. The minimum Gasteiger partial charge on any atom is -0.372 e. The minimum atomic E-state index is -0.339. The van der Waals surface area contributed by atoms with Gasteiger partial charge >= 0.3 is 0 Å². The largest absolute Gasteiger partial charge is 0.372 e. The van der Waals surface area contributed by atoms with E-state index in [4.69, 9.17) is 4.74 Å². The van der Waals surface area contributed by atoms with E-state index in [9.17, 15) is 14.4 Å². The zero-order chi connectivity index (χ0) is 19.6. The molecule has 0 radical (unpaired) electrons. The fraction of sp³-hybridized carbons (Fsp3) is 0.474. The van der Waals surface area contributed by atoms with Crippen molar-refractivity contribution in [3.05, 3.63) is 40.4 Å². The number of H-pyrrole nitrogens is 1. The molecule has 0 saturated carbocycles. The Labute approximate surface area is 157 Å².